The number of sulfonamides is 1. The maximum absolute atomic E-state index is 13.1. The van der Waals surface area contributed by atoms with Crippen molar-refractivity contribution in [3.05, 3.63) is 36.5 Å². The fourth-order valence-electron chi connectivity index (χ4n) is 4.44. The maximum atomic E-state index is 13.1. The molecule has 148 valence electrons. The molecule has 2 aliphatic rings. The van der Waals surface area contributed by atoms with Crippen molar-refractivity contribution in [2.24, 2.45) is 18.9 Å². The number of aromatic nitrogens is 3. The van der Waals surface area contributed by atoms with Gasteiger partial charge in [-0.15, -0.1) is 0 Å². The highest BCUT2D eigenvalue weighted by atomic mass is 32.2. The van der Waals surface area contributed by atoms with Gasteiger partial charge >= 0.3 is 0 Å². The van der Waals surface area contributed by atoms with Crippen molar-refractivity contribution in [1.82, 2.24) is 18.8 Å². The number of hydrogen-bond acceptors (Lipinski definition) is 6. The molecule has 28 heavy (non-hydrogen) atoms. The molecule has 1 aliphatic carbocycles. The molecule has 0 radical (unpaired) electrons. The van der Waals surface area contributed by atoms with Crippen LogP contribution in [0, 0.1) is 18.8 Å². The van der Waals surface area contributed by atoms with Gasteiger partial charge < -0.3 is 8.98 Å². The third-order valence-electron chi connectivity index (χ3n) is 5.83. The molecule has 9 heteroatoms. The van der Waals surface area contributed by atoms with Gasteiger partial charge in [0, 0.05) is 44.7 Å². The molecule has 2 aromatic heterocycles. The van der Waals surface area contributed by atoms with E-state index in [2.05, 4.69) is 9.97 Å². The Morgan fingerprint density at radius 1 is 1.21 bits per heavy atom. The van der Waals surface area contributed by atoms with Gasteiger partial charge in [0.25, 0.3) is 0 Å². The van der Waals surface area contributed by atoms with E-state index in [1.54, 1.807) is 29.4 Å². The summed E-state index contributed by atoms with van der Waals surface area (Å²) in [5.41, 5.74) is 1.20. The summed E-state index contributed by atoms with van der Waals surface area (Å²) < 4.78 is 35.4. The monoisotopic (exact) mass is 418 g/mol. The standard InChI is InChI=1S/C19H22N4O3S2/c1-12-21-17-9-16(3-4-18(17)26-12)28(24,25)23-10-13-7-15(8-14(13)11-23)27-19-20-5-6-22(19)2/h3-6,9,13-15H,7-8,10-11H2,1-2H3/t13-,14+,15?. The summed E-state index contributed by atoms with van der Waals surface area (Å²) in [7, 11) is -1.50. The van der Waals surface area contributed by atoms with Crippen molar-refractivity contribution in [3.63, 3.8) is 0 Å². The minimum atomic E-state index is -3.51. The van der Waals surface area contributed by atoms with Gasteiger partial charge in [0.15, 0.2) is 16.6 Å². The summed E-state index contributed by atoms with van der Waals surface area (Å²) in [6, 6.07) is 4.93. The van der Waals surface area contributed by atoms with Crippen LogP contribution in [0.1, 0.15) is 18.7 Å². The van der Waals surface area contributed by atoms with E-state index in [0.717, 1.165) is 18.0 Å². The van der Waals surface area contributed by atoms with Crippen molar-refractivity contribution in [2.45, 2.75) is 35.1 Å². The lowest BCUT2D eigenvalue weighted by atomic mass is 10.0. The van der Waals surface area contributed by atoms with Crippen molar-refractivity contribution >= 4 is 32.9 Å². The normalized spacial score (nSPS) is 25.6. The average molecular weight is 419 g/mol. The number of fused-ring (bicyclic) bond motifs is 2. The molecule has 0 N–H and O–H groups in total. The van der Waals surface area contributed by atoms with Crippen LogP contribution in [0.3, 0.4) is 0 Å². The summed E-state index contributed by atoms with van der Waals surface area (Å²) in [6.07, 6.45) is 5.85. The number of nitrogens with zero attached hydrogens (tertiary/aromatic N) is 4. The first-order valence-corrected chi connectivity index (χ1v) is 11.7. The summed E-state index contributed by atoms with van der Waals surface area (Å²) in [4.78, 5) is 8.96. The number of rotatable bonds is 4. The Balaban J connectivity index is 1.30. The molecule has 0 bridgehead atoms. The summed E-state index contributed by atoms with van der Waals surface area (Å²) in [5.74, 6) is 1.38. The zero-order chi connectivity index (χ0) is 19.5. The number of aryl methyl sites for hydroxylation is 2. The number of hydrogen-bond donors (Lipinski definition) is 0. The first-order chi connectivity index (χ1) is 13.4. The highest BCUT2D eigenvalue weighted by Gasteiger charge is 2.45. The lowest BCUT2D eigenvalue weighted by molar-refractivity contribution is 0.447. The lowest BCUT2D eigenvalue weighted by Gasteiger charge is -2.19. The lowest BCUT2D eigenvalue weighted by Crippen LogP contribution is -2.30. The molecular weight excluding hydrogens is 396 g/mol. The molecule has 0 spiro atoms. The van der Waals surface area contributed by atoms with Crippen LogP contribution >= 0.6 is 11.8 Å². The van der Waals surface area contributed by atoms with Crippen molar-refractivity contribution in [3.8, 4) is 0 Å². The maximum Gasteiger partial charge on any atom is 0.243 e. The molecular formula is C19H22N4O3S2. The summed E-state index contributed by atoms with van der Waals surface area (Å²) in [5, 5.41) is 1.54. The Bertz CT molecular complexity index is 1120. The molecule has 0 amide bonds. The van der Waals surface area contributed by atoms with E-state index in [-0.39, 0.29) is 0 Å². The largest absolute Gasteiger partial charge is 0.441 e. The Kier molecular flexibility index (Phi) is 4.29. The van der Waals surface area contributed by atoms with Crippen LogP contribution in [0.25, 0.3) is 11.1 Å². The Labute approximate surface area is 168 Å². The fourth-order valence-corrected chi connectivity index (χ4v) is 7.35. The minimum Gasteiger partial charge on any atom is -0.441 e. The van der Waals surface area contributed by atoms with Crippen LogP contribution < -0.4 is 0 Å². The fraction of sp³-hybridized carbons (Fsp3) is 0.474. The molecule has 5 rings (SSSR count). The van der Waals surface area contributed by atoms with Crippen molar-refractivity contribution in [2.75, 3.05) is 13.1 Å². The van der Waals surface area contributed by atoms with E-state index in [0.29, 0.717) is 52.1 Å². The second kappa shape index (κ2) is 6.60. The van der Waals surface area contributed by atoms with Gasteiger partial charge in [0.2, 0.25) is 10.0 Å². The highest BCUT2D eigenvalue weighted by Crippen LogP contribution is 2.45. The second-order valence-corrected chi connectivity index (χ2v) is 10.9. The zero-order valence-corrected chi connectivity index (χ0v) is 17.4. The SMILES string of the molecule is Cc1nc2cc(S(=O)(=O)N3C[C@H]4CC(Sc5nccn5C)C[C@H]4C3)ccc2o1. The van der Waals surface area contributed by atoms with Gasteiger partial charge in [-0.05, 0) is 42.9 Å². The second-order valence-electron chi connectivity index (χ2n) is 7.74. The number of oxazole rings is 1. The van der Waals surface area contributed by atoms with Crippen LogP contribution in [0.2, 0.25) is 0 Å². The van der Waals surface area contributed by atoms with Gasteiger partial charge in [0.1, 0.15) is 5.52 Å². The molecule has 2 fully saturated rings. The quantitative estimate of drug-likeness (QED) is 0.648. The van der Waals surface area contributed by atoms with Crippen LogP contribution in [-0.2, 0) is 17.1 Å². The Hall–Kier alpha value is -1.84. The van der Waals surface area contributed by atoms with E-state index in [1.165, 1.54) is 0 Å². The van der Waals surface area contributed by atoms with E-state index in [1.807, 2.05) is 35.8 Å². The molecule has 3 atom stereocenters. The number of imidazole rings is 1. The van der Waals surface area contributed by atoms with Crippen LogP contribution in [0.5, 0.6) is 0 Å². The number of thioether (sulfide) groups is 1. The van der Waals surface area contributed by atoms with Crippen LogP contribution in [0.15, 0.2) is 45.1 Å². The molecule has 1 saturated heterocycles. The van der Waals surface area contributed by atoms with Crippen LogP contribution in [-0.4, -0.2) is 45.6 Å². The topological polar surface area (TPSA) is 81.2 Å². The molecule has 1 saturated carbocycles. The predicted octanol–water partition coefficient (Wildman–Crippen LogP) is 3.06. The van der Waals surface area contributed by atoms with E-state index >= 15 is 0 Å². The molecule has 7 nitrogen and oxygen atoms in total. The minimum absolute atomic E-state index is 0.298. The predicted molar refractivity (Wildman–Crippen MR) is 107 cm³/mol. The van der Waals surface area contributed by atoms with Gasteiger partial charge in [-0.25, -0.2) is 18.4 Å². The third kappa shape index (κ3) is 3.05. The van der Waals surface area contributed by atoms with Crippen molar-refractivity contribution in [1.29, 1.82) is 0 Å². The van der Waals surface area contributed by atoms with E-state index in [9.17, 15) is 8.42 Å². The summed E-state index contributed by atoms with van der Waals surface area (Å²) >= 11 is 1.82. The van der Waals surface area contributed by atoms with Crippen molar-refractivity contribution < 1.29 is 12.8 Å². The highest BCUT2D eigenvalue weighted by molar-refractivity contribution is 7.99. The molecule has 3 heterocycles. The Morgan fingerprint density at radius 3 is 2.64 bits per heavy atom. The Morgan fingerprint density at radius 2 is 1.96 bits per heavy atom. The van der Waals surface area contributed by atoms with Gasteiger partial charge in [-0.3, -0.25) is 0 Å². The van der Waals surface area contributed by atoms with Gasteiger partial charge in [-0.2, -0.15) is 4.31 Å². The smallest absolute Gasteiger partial charge is 0.243 e. The first-order valence-electron chi connectivity index (χ1n) is 9.41. The van der Waals surface area contributed by atoms with Gasteiger partial charge in [0.05, 0.1) is 4.90 Å². The zero-order valence-electron chi connectivity index (χ0n) is 15.8. The first kappa shape index (κ1) is 18.2. The average Bonchev–Trinajstić information content (AvgIpc) is 3.38. The molecule has 3 aromatic rings. The van der Waals surface area contributed by atoms with Crippen LogP contribution in [0.4, 0.5) is 0 Å². The summed E-state index contributed by atoms with van der Waals surface area (Å²) in [6.45, 7) is 2.95. The molecule has 1 aromatic carbocycles. The molecule has 1 aliphatic heterocycles. The molecule has 1 unspecified atom stereocenters. The third-order valence-corrected chi connectivity index (χ3v) is 8.98. The number of benzene rings is 1. The van der Waals surface area contributed by atoms with E-state index in [4.69, 9.17) is 4.42 Å². The van der Waals surface area contributed by atoms with E-state index < -0.39 is 10.0 Å². The van der Waals surface area contributed by atoms with Gasteiger partial charge in [-0.1, -0.05) is 11.8 Å².